The average molecular weight is 315 g/mol. The summed E-state index contributed by atoms with van der Waals surface area (Å²) in [6.07, 6.45) is 4.98. The maximum Gasteiger partial charge on any atom is 0.0640 e. The Morgan fingerprint density at radius 1 is 1.20 bits per heavy atom. The summed E-state index contributed by atoms with van der Waals surface area (Å²) < 4.78 is 0. The van der Waals surface area contributed by atoms with Crippen LogP contribution in [0.1, 0.15) is 44.2 Å². The number of benzene rings is 1. The van der Waals surface area contributed by atoms with E-state index in [0.717, 1.165) is 5.56 Å². The van der Waals surface area contributed by atoms with Crippen molar-refractivity contribution < 1.29 is 0 Å². The van der Waals surface area contributed by atoms with E-state index >= 15 is 0 Å². The molecular weight excluding hydrogens is 291 g/mol. The fraction of sp³-hybridized carbons (Fsp3) is 0.625. The molecule has 0 heterocycles. The highest BCUT2D eigenvalue weighted by atomic mass is 35.5. The van der Waals surface area contributed by atoms with Crippen molar-refractivity contribution >= 4 is 23.2 Å². The third kappa shape index (κ3) is 3.48. The van der Waals surface area contributed by atoms with E-state index < -0.39 is 0 Å². The van der Waals surface area contributed by atoms with Crippen LogP contribution in [0, 0.1) is 0 Å². The zero-order chi connectivity index (χ0) is 14.7. The zero-order valence-corrected chi connectivity index (χ0v) is 14.0. The Labute approximate surface area is 132 Å². The average Bonchev–Trinajstić information content (AvgIpc) is 2.48. The van der Waals surface area contributed by atoms with Gasteiger partial charge < -0.3 is 5.32 Å². The first-order valence-corrected chi connectivity index (χ1v) is 8.13. The van der Waals surface area contributed by atoms with Crippen molar-refractivity contribution in [2.24, 2.45) is 0 Å². The predicted octanol–water partition coefficient (Wildman–Crippen LogP) is 4.52. The minimum Gasteiger partial charge on any atom is -0.317 e. The van der Waals surface area contributed by atoms with E-state index in [9.17, 15) is 0 Å². The van der Waals surface area contributed by atoms with Gasteiger partial charge >= 0.3 is 0 Å². The molecule has 1 saturated carbocycles. The lowest BCUT2D eigenvalue weighted by Crippen LogP contribution is -2.40. The number of hydrogen-bond acceptors (Lipinski definition) is 2. The second kappa shape index (κ2) is 7.13. The van der Waals surface area contributed by atoms with Gasteiger partial charge in [-0.2, -0.15) is 0 Å². The van der Waals surface area contributed by atoms with Crippen LogP contribution >= 0.6 is 23.2 Å². The molecule has 0 bridgehead atoms. The normalized spacial score (nSPS) is 24.9. The molecule has 1 N–H and O–H groups in total. The van der Waals surface area contributed by atoms with Gasteiger partial charge in [-0.3, -0.25) is 4.90 Å². The van der Waals surface area contributed by atoms with E-state index in [1.54, 1.807) is 0 Å². The summed E-state index contributed by atoms with van der Waals surface area (Å²) in [6.45, 7) is 2.21. The summed E-state index contributed by atoms with van der Waals surface area (Å²) in [4.78, 5) is 2.45. The summed E-state index contributed by atoms with van der Waals surface area (Å²) in [5.41, 5.74) is 1.12. The summed E-state index contributed by atoms with van der Waals surface area (Å²) >= 11 is 12.5. The Morgan fingerprint density at radius 3 is 2.45 bits per heavy atom. The fourth-order valence-electron chi connectivity index (χ4n) is 3.15. The molecule has 0 radical (unpaired) electrons. The van der Waals surface area contributed by atoms with Crippen molar-refractivity contribution in [1.29, 1.82) is 0 Å². The Hall–Kier alpha value is -0.280. The largest absolute Gasteiger partial charge is 0.317 e. The summed E-state index contributed by atoms with van der Waals surface area (Å²) in [5, 5.41) is 4.72. The topological polar surface area (TPSA) is 15.3 Å². The highest BCUT2D eigenvalue weighted by Crippen LogP contribution is 2.35. The Bertz CT molecular complexity index is 442. The molecule has 112 valence electrons. The van der Waals surface area contributed by atoms with Gasteiger partial charge in [-0.25, -0.2) is 0 Å². The SMILES string of the molecule is CNC1CCC(N(C)C(C)c2cccc(Cl)c2Cl)CC1. The van der Waals surface area contributed by atoms with E-state index in [1.165, 1.54) is 25.7 Å². The molecule has 1 fully saturated rings. The molecule has 0 aliphatic heterocycles. The smallest absolute Gasteiger partial charge is 0.0640 e. The molecule has 20 heavy (non-hydrogen) atoms. The van der Waals surface area contributed by atoms with Gasteiger partial charge in [0.15, 0.2) is 0 Å². The number of nitrogens with one attached hydrogen (secondary N) is 1. The van der Waals surface area contributed by atoms with Crippen molar-refractivity contribution in [3.05, 3.63) is 33.8 Å². The van der Waals surface area contributed by atoms with Crippen LogP contribution < -0.4 is 5.32 Å². The first-order valence-electron chi connectivity index (χ1n) is 7.37. The van der Waals surface area contributed by atoms with E-state index in [0.29, 0.717) is 22.1 Å². The van der Waals surface area contributed by atoms with Crippen LogP contribution in [0.5, 0.6) is 0 Å². The van der Waals surface area contributed by atoms with Crippen LogP contribution in [0.4, 0.5) is 0 Å². The monoisotopic (exact) mass is 314 g/mol. The van der Waals surface area contributed by atoms with Gasteiger partial charge in [0.2, 0.25) is 0 Å². The van der Waals surface area contributed by atoms with Crippen molar-refractivity contribution in [3.63, 3.8) is 0 Å². The molecule has 4 heteroatoms. The third-order valence-corrected chi connectivity index (χ3v) is 5.56. The molecule has 1 aliphatic carbocycles. The lowest BCUT2D eigenvalue weighted by molar-refractivity contribution is 0.136. The van der Waals surface area contributed by atoms with Gasteiger partial charge in [-0.15, -0.1) is 0 Å². The van der Waals surface area contributed by atoms with Crippen LogP contribution in [-0.4, -0.2) is 31.1 Å². The zero-order valence-electron chi connectivity index (χ0n) is 12.5. The van der Waals surface area contributed by atoms with Gasteiger partial charge in [0.1, 0.15) is 0 Å². The first kappa shape index (κ1) is 16.1. The van der Waals surface area contributed by atoms with Gasteiger partial charge in [0, 0.05) is 18.1 Å². The second-order valence-corrected chi connectivity index (χ2v) is 6.56. The van der Waals surface area contributed by atoms with Crippen LogP contribution in [0.15, 0.2) is 18.2 Å². The molecule has 2 rings (SSSR count). The molecule has 0 amide bonds. The molecular formula is C16H24Cl2N2. The lowest BCUT2D eigenvalue weighted by atomic mass is 9.89. The Kier molecular flexibility index (Phi) is 5.74. The van der Waals surface area contributed by atoms with E-state index in [-0.39, 0.29) is 6.04 Å². The number of hydrogen-bond donors (Lipinski definition) is 1. The standard InChI is InChI=1S/C16H24Cl2N2/c1-11(14-5-4-6-15(17)16(14)18)20(3)13-9-7-12(19-2)8-10-13/h4-6,11-13,19H,7-10H2,1-3H3. The van der Waals surface area contributed by atoms with Crippen LogP contribution in [0.2, 0.25) is 10.0 Å². The molecule has 0 aromatic heterocycles. The van der Waals surface area contributed by atoms with Gasteiger partial charge in [0.25, 0.3) is 0 Å². The Morgan fingerprint density at radius 2 is 1.85 bits per heavy atom. The van der Waals surface area contributed by atoms with Gasteiger partial charge in [-0.1, -0.05) is 35.3 Å². The minimum atomic E-state index is 0.289. The minimum absolute atomic E-state index is 0.289. The van der Waals surface area contributed by atoms with Gasteiger partial charge in [-0.05, 0) is 58.3 Å². The van der Waals surface area contributed by atoms with Gasteiger partial charge in [0.05, 0.1) is 10.0 Å². The highest BCUT2D eigenvalue weighted by Gasteiger charge is 2.27. The molecule has 0 saturated heterocycles. The van der Waals surface area contributed by atoms with Crippen molar-refractivity contribution in [1.82, 2.24) is 10.2 Å². The molecule has 1 aromatic carbocycles. The van der Waals surface area contributed by atoms with Crippen LogP contribution in [-0.2, 0) is 0 Å². The second-order valence-electron chi connectivity index (χ2n) is 5.78. The molecule has 1 unspecified atom stereocenters. The van der Waals surface area contributed by atoms with Crippen molar-refractivity contribution in [3.8, 4) is 0 Å². The number of rotatable bonds is 4. The summed E-state index contributed by atoms with van der Waals surface area (Å²) in [5.74, 6) is 0. The lowest BCUT2D eigenvalue weighted by Gasteiger charge is -2.38. The quantitative estimate of drug-likeness (QED) is 0.879. The molecule has 1 atom stereocenters. The van der Waals surface area contributed by atoms with Crippen LogP contribution in [0.3, 0.4) is 0 Å². The van der Waals surface area contributed by atoms with Crippen molar-refractivity contribution in [2.75, 3.05) is 14.1 Å². The first-order chi connectivity index (χ1) is 9.54. The third-order valence-electron chi connectivity index (χ3n) is 4.72. The number of halogens is 2. The summed E-state index contributed by atoms with van der Waals surface area (Å²) in [6, 6.07) is 7.50. The molecule has 1 aliphatic rings. The maximum atomic E-state index is 6.35. The Balaban J connectivity index is 2.05. The maximum absolute atomic E-state index is 6.35. The molecule has 2 nitrogen and oxygen atoms in total. The summed E-state index contributed by atoms with van der Waals surface area (Å²) in [7, 11) is 4.26. The fourth-order valence-corrected chi connectivity index (χ4v) is 3.62. The molecule has 0 spiro atoms. The molecule has 1 aromatic rings. The van der Waals surface area contributed by atoms with E-state index in [4.69, 9.17) is 23.2 Å². The van der Waals surface area contributed by atoms with E-state index in [2.05, 4.69) is 37.3 Å². The van der Waals surface area contributed by atoms with Crippen LogP contribution in [0.25, 0.3) is 0 Å². The predicted molar refractivity (Wildman–Crippen MR) is 87.7 cm³/mol. The highest BCUT2D eigenvalue weighted by molar-refractivity contribution is 6.42. The number of nitrogens with zero attached hydrogens (tertiary/aromatic N) is 1. The van der Waals surface area contributed by atoms with E-state index in [1.807, 2.05) is 12.1 Å². The van der Waals surface area contributed by atoms with Crippen molar-refractivity contribution in [2.45, 2.75) is 50.7 Å².